The minimum atomic E-state index is -0.555. The van der Waals surface area contributed by atoms with Crippen molar-refractivity contribution in [2.75, 3.05) is 12.4 Å². The summed E-state index contributed by atoms with van der Waals surface area (Å²) in [6.07, 6.45) is 0.0226. The zero-order chi connectivity index (χ0) is 16.8. The van der Waals surface area contributed by atoms with Crippen molar-refractivity contribution >= 4 is 11.6 Å². The van der Waals surface area contributed by atoms with Gasteiger partial charge in [-0.05, 0) is 49.6 Å². The Morgan fingerprint density at radius 1 is 1.09 bits per heavy atom. The van der Waals surface area contributed by atoms with E-state index < -0.39 is 6.10 Å². The van der Waals surface area contributed by atoms with Gasteiger partial charge < -0.3 is 14.8 Å². The quantitative estimate of drug-likeness (QED) is 0.873. The maximum absolute atomic E-state index is 12.5. The first kappa shape index (κ1) is 16.9. The summed E-state index contributed by atoms with van der Waals surface area (Å²) >= 11 is 0. The van der Waals surface area contributed by atoms with E-state index in [0.29, 0.717) is 17.9 Å². The number of methoxy groups -OCH3 is 1. The Morgan fingerprint density at radius 3 is 2.48 bits per heavy atom. The highest BCUT2D eigenvalue weighted by Crippen LogP contribution is 2.25. The summed E-state index contributed by atoms with van der Waals surface area (Å²) in [5, 5.41) is 2.88. The Kier molecular flexibility index (Phi) is 5.63. The van der Waals surface area contributed by atoms with Crippen molar-refractivity contribution in [2.24, 2.45) is 0 Å². The van der Waals surface area contributed by atoms with Crippen LogP contribution in [0.3, 0.4) is 0 Å². The van der Waals surface area contributed by atoms with Gasteiger partial charge in [-0.25, -0.2) is 0 Å². The largest absolute Gasteiger partial charge is 0.495 e. The molecule has 4 heteroatoms. The molecule has 23 heavy (non-hydrogen) atoms. The first-order chi connectivity index (χ1) is 11.1. The Balaban J connectivity index is 2.14. The lowest BCUT2D eigenvalue weighted by Crippen LogP contribution is -2.32. The summed E-state index contributed by atoms with van der Waals surface area (Å²) in [6.45, 7) is 5.95. The average molecular weight is 313 g/mol. The Labute approximate surface area is 137 Å². The summed E-state index contributed by atoms with van der Waals surface area (Å²) in [7, 11) is 1.58. The number of aryl methyl sites for hydroxylation is 1. The van der Waals surface area contributed by atoms with Crippen LogP contribution in [0.15, 0.2) is 42.5 Å². The highest BCUT2D eigenvalue weighted by molar-refractivity contribution is 5.95. The number of ether oxygens (including phenoxy) is 2. The molecular weight excluding hydrogens is 290 g/mol. The fourth-order valence-electron chi connectivity index (χ4n) is 2.29. The molecule has 1 unspecified atom stereocenters. The van der Waals surface area contributed by atoms with Gasteiger partial charge in [-0.3, -0.25) is 4.79 Å². The molecule has 0 aliphatic rings. The van der Waals surface area contributed by atoms with E-state index in [1.807, 2.05) is 57.2 Å². The standard InChI is InChI=1S/C19H23NO3/c1-5-16(23-17-12-8-9-13(2)14(17)3)19(21)20-15-10-6-7-11-18(15)22-4/h6-12,16H,5H2,1-4H3,(H,20,21). The van der Waals surface area contributed by atoms with Crippen molar-refractivity contribution in [2.45, 2.75) is 33.3 Å². The van der Waals surface area contributed by atoms with Crippen molar-refractivity contribution in [3.63, 3.8) is 0 Å². The predicted octanol–water partition coefficient (Wildman–Crippen LogP) is 4.11. The van der Waals surface area contributed by atoms with Gasteiger partial charge in [0.1, 0.15) is 11.5 Å². The van der Waals surface area contributed by atoms with Gasteiger partial charge in [-0.2, -0.15) is 0 Å². The summed E-state index contributed by atoms with van der Waals surface area (Å²) in [4.78, 5) is 12.5. The maximum Gasteiger partial charge on any atom is 0.265 e. The minimum absolute atomic E-state index is 0.182. The van der Waals surface area contributed by atoms with Gasteiger partial charge in [0, 0.05) is 0 Å². The number of nitrogens with one attached hydrogen (secondary N) is 1. The molecule has 0 aliphatic heterocycles. The third-order valence-corrected chi connectivity index (χ3v) is 3.85. The monoisotopic (exact) mass is 313 g/mol. The second kappa shape index (κ2) is 7.68. The number of anilines is 1. The van der Waals surface area contributed by atoms with Gasteiger partial charge in [-0.15, -0.1) is 0 Å². The first-order valence-electron chi connectivity index (χ1n) is 7.73. The Bertz CT molecular complexity index is 682. The van der Waals surface area contributed by atoms with E-state index in [9.17, 15) is 4.79 Å². The van der Waals surface area contributed by atoms with Gasteiger partial charge >= 0.3 is 0 Å². The molecule has 1 N–H and O–H groups in total. The molecule has 122 valence electrons. The molecule has 0 bridgehead atoms. The highest BCUT2D eigenvalue weighted by atomic mass is 16.5. The van der Waals surface area contributed by atoms with Crippen LogP contribution in [0.4, 0.5) is 5.69 Å². The third-order valence-electron chi connectivity index (χ3n) is 3.85. The summed E-state index contributed by atoms with van der Waals surface area (Å²) in [5.74, 6) is 1.19. The number of hydrogen-bond donors (Lipinski definition) is 1. The number of benzene rings is 2. The fraction of sp³-hybridized carbons (Fsp3) is 0.316. The molecule has 1 amide bonds. The van der Waals surface area contributed by atoms with Gasteiger partial charge in [-0.1, -0.05) is 31.2 Å². The van der Waals surface area contributed by atoms with E-state index in [0.717, 1.165) is 16.9 Å². The first-order valence-corrected chi connectivity index (χ1v) is 7.73. The molecule has 0 saturated carbocycles. The third kappa shape index (κ3) is 4.03. The van der Waals surface area contributed by atoms with Crippen LogP contribution >= 0.6 is 0 Å². The Hall–Kier alpha value is -2.49. The molecule has 0 spiro atoms. The van der Waals surface area contributed by atoms with Crippen LogP contribution < -0.4 is 14.8 Å². The second-order valence-electron chi connectivity index (χ2n) is 5.40. The van der Waals surface area contributed by atoms with E-state index in [-0.39, 0.29) is 5.91 Å². The van der Waals surface area contributed by atoms with Crippen LogP contribution in [0.5, 0.6) is 11.5 Å². The van der Waals surface area contributed by atoms with E-state index in [1.54, 1.807) is 13.2 Å². The minimum Gasteiger partial charge on any atom is -0.495 e. The van der Waals surface area contributed by atoms with Gasteiger partial charge in [0.05, 0.1) is 12.8 Å². The topological polar surface area (TPSA) is 47.6 Å². The lowest BCUT2D eigenvalue weighted by atomic mass is 10.1. The number of hydrogen-bond acceptors (Lipinski definition) is 3. The van der Waals surface area contributed by atoms with Crippen molar-refractivity contribution < 1.29 is 14.3 Å². The van der Waals surface area contributed by atoms with Gasteiger partial charge in [0.2, 0.25) is 0 Å². The zero-order valence-corrected chi connectivity index (χ0v) is 14.1. The van der Waals surface area contributed by atoms with Gasteiger partial charge in [0.15, 0.2) is 6.10 Å². The number of carbonyl (C=O) groups excluding carboxylic acids is 1. The van der Waals surface area contributed by atoms with Crippen LogP contribution in [0, 0.1) is 13.8 Å². The van der Waals surface area contributed by atoms with Crippen molar-refractivity contribution in [3.8, 4) is 11.5 Å². The molecule has 1 atom stereocenters. The SMILES string of the molecule is CCC(Oc1cccc(C)c1C)C(=O)Nc1ccccc1OC. The van der Waals surface area contributed by atoms with E-state index in [2.05, 4.69) is 5.32 Å². The highest BCUT2D eigenvalue weighted by Gasteiger charge is 2.20. The maximum atomic E-state index is 12.5. The molecular formula is C19H23NO3. The predicted molar refractivity (Wildman–Crippen MR) is 92.2 cm³/mol. The van der Waals surface area contributed by atoms with Crippen LogP contribution in [0.1, 0.15) is 24.5 Å². The number of rotatable bonds is 6. The lowest BCUT2D eigenvalue weighted by molar-refractivity contribution is -0.122. The van der Waals surface area contributed by atoms with E-state index in [4.69, 9.17) is 9.47 Å². The molecule has 2 aromatic carbocycles. The van der Waals surface area contributed by atoms with E-state index in [1.165, 1.54) is 0 Å². The summed E-state index contributed by atoms with van der Waals surface area (Å²) in [6, 6.07) is 13.2. The average Bonchev–Trinajstić information content (AvgIpc) is 2.56. The fourth-order valence-corrected chi connectivity index (χ4v) is 2.29. The molecule has 4 nitrogen and oxygen atoms in total. The zero-order valence-electron chi connectivity index (χ0n) is 14.1. The van der Waals surface area contributed by atoms with E-state index >= 15 is 0 Å². The summed E-state index contributed by atoms with van der Waals surface area (Å²) < 4.78 is 11.2. The van der Waals surface area contributed by atoms with Crippen molar-refractivity contribution in [1.29, 1.82) is 0 Å². The molecule has 0 aromatic heterocycles. The molecule has 0 heterocycles. The molecule has 2 rings (SSSR count). The number of carbonyl (C=O) groups is 1. The van der Waals surface area contributed by atoms with Crippen LogP contribution in [0.25, 0.3) is 0 Å². The normalized spacial score (nSPS) is 11.7. The molecule has 0 radical (unpaired) electrons. The molecule has 0 aliphatic carbocycles. The van der Waals surface area contributed by atoms with Crippen LogP contribution in [-0.2, 0) is 4.79 Å². The van der Waals surface area contributed by atoms with Crippen LogP contribution in [0.2, 0.25) is 0 Å². The lowest BCUT2D eigenvalue weighted by Gasteiger charge is -2.20. The van der Waals surface area contributed by atoms with Crippen LogP contribution in [-0.4, -0.2) is 19.1 Å². The molecule has 0 saturated heterocycles. The smallest absolute Gasteiger partial charge is 0.265 e. The summed E-state index contributed by atoms with van der Waals surface area (Å²) in [5.41, 5.74) is 2.83. The number of para-hydroxylation sites is 2. The van der Waals surface area contributed by atoms with Crippen molar-refractivity contribution in [3.05, 3.63) is 53.6 Å². The Morgan fingerprint density at radius 2 is 1.78 bits per heavy atom. The van der Waals surface area contributed by atoms with Gasteiger partial charge in [0.25, 0.3) is 5.91 Å². The second-order valence-corrected chi connectivity index (χ2v) is 5.40. The van der Waals surface area contributed by atoms with Crippen molar-refractivity contribution in [1.82, 2.24) is 0 Å². The molecule has 0 fully saturated rings. The number of amides is 1. The molecule has 2 aromatic rings.